The molecular weight excluding hydrogens is 334 g/mol. The highest BCUT2D eigenvalue weighted by atomic mass is 35.5. The van der Waals surface area contributed by atoms with E-state index in [0.717, 1.165) is 48.8 Å². The minimum Gasteiger partial charge on any atom is -0.461 e. The van der Waals surface area contributed by atoms with Gasteiger partial charge in [-0.15, -0.1) is 0 Å². The van der Waals surface area contributed by atoms with E-state index in [4.69, 9.17) is 16.3 Å². The first-order chi connectivity index (χ1) is 11.8. The van der Waals surface area contributed by atoms with Crippen LogP contribution in [0.15, 0.2) is 24.3 Å². The molecule has 0 amide bonds. The Balaban J connectivity index is 1.79. The largest absolute Gasteiger partial charge is 0.461 e. The molecule has 1 aliphatic carbocycles. The van der Waals surface area contributed by atoms with Crippen LogP contribution in [0.4, 0.5) is 0 Å². The highest BCUT2D eigenvalue weighted by molar-refractivity contribution is 6.30. The standard InChI is InChI=1S/C21H31ClNO2/c1-21(16-6-4-5-7-16,17-8-10-18(22)11-9-17)20(24)25-19-12-14-23(2,3)15-13-19/h8-11,16,19H,4-7,12-15H2,1-3H3/q+1. The van der Waals surface area contributed by atoms with Crippen LogP contribution in [0.3, 0.4) is 0 Å². The molecule has 1 aliphatic heterocycles. The predicted octanol–water partition coefficient (Wildman–Crippen LogP) is 4.57. The zero-order valence-corrected chi connectivity index (χ0v) is 16.5. The predicted molar refractivity (Wildman–Crippen MR) is 102 cm³/mol. The second-order valence-corrected chi connectivity index (χ2v) is 9.11. The number of carbonyl (C=O) groups excluding carboxylic acids is 1. The fourth-order valence-corrected chi connectivity index (χ4v) is 4.58. The summed E-state index contributed by atoms with van der Waals surface area (Å²) in [6, 6.07) is 7.78. The monoisotopic (exact) mass is 364 g/mol. The first kappa shape index (κ1) is 18.7. The number of halogens is 1. The van der Waals surface area contributed by atoms with Crippen LogP contribution >= 0.6 is 11.6 Å². The van der Waals surface area contributed by atoms with Crippen LogP contribution in [0.2, 0.25) is 5.02 Å². The molecule has 1 unspecified atom stereocenters. The maximum absolute atomic E-state index is 13.3. The van der Waals surface area contributed by atoms with Crippen LogP contribution in [0.25, 0.3) is 0 Å². The molecule has 3 nitrogen and oxygen atoms in total. The van der Waals surface area contributed by atoms with Crippen molar-refractivity contribution in [3.05, 3.63) is 34.9 Å². The van der Waals surface area contributed by atoms with Crippen molar-refractivity contribution in [1.82, 2.24) is 0 Å². The van der Waals surface area contributed by atoms with E-state index in [1.165, 1.54) is 12.8 Å². The molecule has 2 fully saturated rings. The van der Waals surface area contributed by atoms with Gasteiger partial charge in [0, 0.05) is 17.9 Å². The molecule has 0 radical (unpaired) electrons. The molecule has 1 saturated heterocycles. The summed E-state index contributed by atoms with van der Waals surface area (Å²) in [5.41, 5.74) is 0.476. The lowest BCUT2D eigenvalue weighted by Crippen LogP contribution is -2.50. The topological polar surface area (TPSA) is 26.3 Å². The van der Waals surface area contributed by atoms with Crippen LogP contribution in [-0.4, -0.2) is 43.7 Å². The normalized spacial score (nSPS) is 24.0. The minimum atomic E-state index is -0.567. The average molecular weight is 365 g/mol. The van der Waals surface area contributed by atoms with Gasteiger partial charge in [0.05, 0.1) is 32.6 Å². The quantitative estimate of drug-likeness (QED) is 0.577. The third-order valence-electron chi connectivity index (χ3n) is 6.43. The van der Waals surface area contributed by atoms with Gasteiger partial charge in [-0.25, -0.2) is 0 Å². The minimum absolute atomic E-state index is 0.0427. The third kappa shape index (κ3) is 4.03. The SMILES string of the molecule is CC(C(=O)OC1CC[N+](C)(C)CC1)(c1ccc(Cl)cc1)C1CCCC1. The molecule has 0 aromatic heterocycles. The first-order valence-corrected chi connectivity index (χ1v) is 9.98. The molecule has 2 aliphatic rings. The molecule has 3 rings (SSSR count). The fourth-order valence-electron chi connectivity index (χ4n) is 4.45. The summed E-state index contributed by atoms with van der Waals surface area (Å²) >= 11 is 6.07. The number of carbonyl (C=O) groups is 1. The number of piperidine rings is 1. The summed E-state index contributed by atoms with van der Waals surface area (Å²) in [5.74, 6) is 0.316. The summed E-state index contributed by atoms with van der Waals surface area (Å²) in [7, 11) is 4.49. The number of quaternary nitrogens is 1. The Bertz CT molecular complexity index is 597. The lowest BCUT2D eigenvalue weighted by molar-refractivity contribution is -0.896. The Morgan fingerprint density at radius 2 is 1.64 bits per heavy atom. The third-order valence-corrected chi connectivity index (χ3v) is 6.68. The molecule has 4 heteroatoms. The number of hydrogen-bond acceptors (Lipinski definition) is 2. The van der Waals surface area contributed by atoms with Crippen molar-refractivity contribution in [2.45, 2.75) is 57.0 Å². The summed E-state index contributed by atoms with van der Waals surface area (Å²) in [6.07, 6.45) is 6.59. The van der Waals surface area contributed by atoms with Crippen LogP contribution in [-0.2, 0) is 14.9 Å². The van der Waals surface area contributed by atoms with Crippen molar-refractivity contribution in [2.24, 2.45) is 5.92 Å². The first-order valence-electron chi connectivity index (χ1n) is 9.60. The smallest absolute Gasteiger partial charge is 0.316 e. The Hall–Kier alpha value is -1.06. The maximum atomic E-state index is 13.3. The summed E-state index contributed by atoms with van der Waals surface area (Å²) in [4.78, 5) is 13.3. The van der Waals surface area contributed by atoms with Crippen molar-refractivity contribution in [3.8, 4) is 0 Å². The van der Waals surface area contributed by atoms with Crippen LogP contribution in [0.1, 0.15) is 51.0 Å². The van der Waals surface area contributed by atoms with Gasteiger partial charge >= 0.3 is 5.97 Å². The van der Waals surface area contributed by atoms with E-state index in [-0.39, 0.29) is 12.1 Å². The number of nitrogens with zero attached hydrogens (tertiary/aromatic N) is 1. The van der Waals surface area contributed by atoms with Gasteiger partial charge in [0.15, 0.2) is 0 Å². The van der Waals surface area contributed by atoms with Crippen molar-refractivity contribution < 1.29 is 14.0 Å². The highest BCUT2D eigenvalue weighted by Crippen LogP contribution is 2.43. The van der Waals surface area contributed by atoms with Crippen LogP contribution in [0.5, 0.6) is 0 Å². The molecule has 0 spiro atoms. The summed E-state index contributed by atoms with van der Waals surface area (Å²) in [6.45, 7) is 4.22. The Labute approximate surface area is 156 Å². The van der Waals surface area contributed by atoms with Crippen LogP contribution < -0.4 is 0 Å². The molecule has 1 atom stereocenters. The van der Waals surface area contributed by atoms with Crippen molar-refractivity contribution >= 4 is 17.6 Å². The van der Waals surface area contributed by atoms with Crippen molar-refractivity contribution in [1.29, 1.82) is 0 Å². The Morgan fingerprint density at radius 1 is 1.08 bits per heavy atom. The number of ether oxygens (including phenoxy) is 1. The van der Waals surface area contributed by atoms with Gasteiger partial charge in [-0.2, -0.15) is 0 Å². The molecule has 1 heterocycles. The van der Waals surface area contributed by atoms with E-state index in [1.54, 1.807) is 0 Å². The second kappa shape index (κ2) is 7.28. The summed E-state index contributed by atoms with van der Waals surface area (Å²) in [5, 5.41) is 0.707. The Morgan fingerprint density at radius 3 is 2.20 bits per heavy atom. The number of likely N-dealkylation sites (tertiary alicyclic amines) is 1. The zero-order valence-electron chi connectivity index (χ0n) is 15.8. The molecule has 0 N–H and O–H groups in total. The number of hydrogen-bond donors (Lipinski definition) is 0. The lowest BCUT2D eigenvalue weighted by Gasteiger charge is -2.39. The summed E-state index contributed by atoms with van der Waals surface area (Å²) < 4.78 is 7.08. The van der Waals surface area contributed by atoms with Gasteiger partial charge in [0.1, 0.15) is 6.10 Å². The van der Waals surface area contributed by atoms with Gasteiger partial charge in [0.25, 0.3) is 0 Å². The van der Waals surface area contributed by atoms with E-state index < -0.39 is 5.41 Å². The molecule has 1 saturated carbocycles. The molecule has 25 heavy (non-hydrogen) atoms. The second-order valence-electron chi connectivity index (χ2n) is 8.68. The molecular formula is C21H31ClNO2+. The van der Waals surface area contributed by atoms with Gasteiger partial charge in [-0.1, -0.05) is 36.6 Å². The highest BCUT2D eigenvalue weighted by Gasteiger charge is 2.46. The maximum Gasteiger partial charge on any atom is 0.316 e. The van der Waals surface area contributed by atoms with Crippen LogP contribution in [0, 0.1) is 5.92 Å². The van der Waals surface area contributed by atoms with Gasteiger partial charge in [-0.3, -0.25) is 4.79 Å². The zero-order chi connectivity index (χ0) is 18.1. The fraction of sp³-hybridized carbons (Fsp3) is 0.667. The number of benzene rings is 1. The number of esters is 1. The van der Waals surface area contributed by atoms with E-state index in [9.17, 15) is 4.79 Å². The van der Waals surface area contributed by atoms with Gasteiger partial charge in [0.2, 0.25) is 0 Å². The van der Waals surface area contributed by atoms with Crippen molar-refractivity contribution in [3.63, 3.8) is 0 Å². The molecule has 0 bridgehead atoms. The van der Waals surface area contributed by atoms with E-state index in [0.29, 0.717) is 10.9 Å². The van der Waals surface area contributed by atoms with E-state index >= 15 is 0 Å². The Kier molecular flexibility index (Phi) is 5.45. The number of rotatable bonds is 4. The lowest BCUT2D eigenvalue weighted by atomic mass is 9.71. The molecule has 1 aromatic carbocycles. The molecule has 1 aromatic rings. The average Bonchev–Trinajstić information content (AvgIpc) is 3.11. The van der Waals surface area contributed by atoms with Gasteiger partial charge < -0.3 is 9.22 Å². The molecule has 138 valence electrons. The van der Waals surface area contributed by atoms with Crippen molar-refractivity contribution in [2.75, 3.05) is 27.2 Å². The van der Waals surface area contributed by atoms with E-state index in [1.807, 2.05) is 24.3 Å². The van der Waals surface area contributed by atoms with Gasteiger partial charge in [-0.05, 0) is 43.4 Å². The van der Waals surface area contributed by atoms with E-state index in [2.05, 4.69) is 21.0 Å².